The number of carbonyl (C=O) groups excluding carboxylic acids is 1. The van der Waals surface area contributed by atoms with Crippen LogP contribution in [0.4, 0.5) is 5.69 Å². The predicted octanol–water partition coefficient (Wildman–Crippen LogP) is 2.11. The number of sulfonamides is 1. The zero-order valence-corrected chi connectivity index (χ0v) is 14.9. The van der Waals surface area contributed by atoms with Gasteiger partial charge in [0.1, 0.15) is 6.04 Å². The van der Waals surface area contributed by atoms with Crippen molar-refractivity contribution in [2.45, 2.75) is 10.9 Å². The smallest absolute Gasteiger partial charge is 0.270 e. The molecule has 1 fully saturated rings. The van der Waals surface area contributed by atoms with E-state index in [9.17, 15) is 23.3 Å². The Hall–Kier alpha value is -2.49. The number of hydrogen-bond donors (Lipinski definition) is 1. The van der Waals surface area contributed by atoms with E-state index in [1.807, 2.05) is 0 Å². The van der Waals surface area contributed by atoms with Crippen molar-refractivity contribution in [2.75, 3.05) is 13.1 Å². The number of rotatable bonds is 4. The van der Waals surface area contributed by atoms with E-state index in [4.69, 9.17) is 11.6 Å². The fourth-order valence-corrected chi connectivity index (χ4v) is 4.61. The van der Waals surface area contributed by atoms with Gasteiger partial charge in [-0.2, -0.15) is 4.31 Å². The topological polar surface area (TPSA) is 110 Å². The maximum atomic E-state index is 13.1. The van der Waals surface area contributed by atoms with Gasteiger partial charge >= 0.3 is 0 Å². The van der Waals surface area contributed by atoms with E-state index in [0.717, 1.165) is 10.4 Å². The Balaban J connectivity index is 2.08. The van der Waals surface area contributed by atoms with Crippen LogP contribution in [0.25, 0.3) is 0 Å². The number of carbonyl (C=O) groups is 1. The van der Waals surface area contributed by atoms with Gasteiger partial charge in [0.15, 0.2) is 0 Å². The van der Waals surface area contributed by atoms with Crippen molar-refractivity contribution in [2.24, 2.45) is 0 Å². The van der Waals surface area contributed by atoms with Crippen LogP contribution in [0.2, 0.25) is 5.02 Å². The molecule has 0 aliphatic carbocycles. The Morgan fingerprint density at radius 3 is 2.62 bits per heavy atom. The third kappa shape index (κ3) is 3.41. The summed E-state index contributed by atoms with van der Waals surface area (Å²) in [5.74, 6) is -0.479. The van der Waals surface area contributed by atoms with Crippen molar-refractivity contribution in [3.8, 4) is 0 Å². The van der Waals surface area contributed by atoms with E-state index in [2.05, 4.69) is 5.32 Å². The second kappa shape index (κ2) is 7.02. The number of amides is 1. The van der Waals surface area contributed by atoms with Gasteiger partial charge in [-0.3, -0.25) is 14.9 Å². The molecule has 1 heterocycles. The van der Waals surface area contributed by atoms with Gasteiger partial charge in [-0.15, -0.1) is 0 Å². The molecule has 2 aromatic rings. The molecule has 1 aliphatic heterocycles. The summed E-state index contributed by atoms with van der Waals surface area (Å²) in [5, 5.41) is 14.0. The van der Waals surface area contributed by atoms with Crippen molar-refractivity contribution in [1.29, 1.82) is 0 Å². The van der Waals surface area contributed by atoms with Crippen molar-refractivity contribution >= 4 is 33.2 Å². The number of nitrogens with one attached hydrogen (secondary N) is 1. The average Bonchev–Trinajstić information content (AvgIpc) is 2.61. The van der Waals surface area contributed by atoms with Gasteiger partial charge in [-0.05, 0) is 23.8 Å². The molecule has 0 aromatic heterocycles. The molecule has 0 saturated carbocycles. The lowest BCUT2D eigenvalue weighted by atomic mass is 10.0. The van der Waals surface area contributed by atoms with Gasteiger partial charge in [0, 0.05) is 30.2 Å². The number of piperazine rings is 1. The maximum Gasteiger partial charge on any atom is 0.270 e. The predicted molar refractivity (Wildman–Crippen MR) is 94.2 cm³/mol. The molecule has 1 amide bonds. The monoisotopic (exact) mass is 395 g/mol. The normalized spacial score (nSPS) is 18.3. The molecule has 136 valence electrons. The Labute approximate surface area is 154 Å². The molecule has 0 spiro atoms. The van der Waals surface area contributed by atoms with Crippen LogP contribution in [-0.4, -0.2) is 36.6 Å². The molecule has 1 saturated heterocycles. The summed E-state index contributed by atoms with van der Waals surface area (Å²) in [6.07, 6.45) is 0. The molecule has 1 unspecified atom stereocenters. The highest BCUT2D eigenvalue weighted by Crippen LogP contribution is 2.31. The number of non-ortho nitro benzene ring substituents is 1. The zero-order chi connectivity index (χ0) is 18.9. The highest BCUT2D eigenvalue weighted by Gasteiger charge is 2.39. The molecule has 26 heavy (non-hydrogen) atoms. The SMILES string of the molecule is O=C1NCCN(S(=O)(=O)c2cccc([N+](=O)[O-])c2)C1c1cccc(Cl)c1. The van der Waals surface area contributed by atoms with Gasteiger partial charge in [0.25, 0.3) is 5.69 Å². The molecule has 1 aliphatic rings. The number of nitro benzene ring substituents is 1. The standard InChI is InChI=1S/C16H14ClN3O5S/c17-12-4-1-3-11(9-12)15-16(21)18-7-8-19(15)26(24,25)14-6-2-5-13(10-14)20(22)23/h1-6,9-10,15H,7-8H2,(H,18,21). The molecular weight excluding hydrogens is 382 g/mol. The van der Waals surface area contributed by atoms with Crippen molar-refractivity contribution in [3.63, 3.8) is 0 Å². The second-order valence-electron chi connectivity index (χ2n) is 5.62. The van der Waals surface area contributed by atoms with E-state index in [0.29, 0.717) is 10.6 Å². The average molecular weight is 396 g/mol. The van der Waals surface area contributed by atoms with Crippen LogP contribution in [0.15, 0.2) is 53.4 Å². The van der Waals surface area contributed by atoms with Gasteiger partial charge in [-0.25, -0.2) is 8.42 Å². The highest BCUT2D eigenvalue weighted by atomic mass is 35.5. The summed E-state index contributed by atoms with van der Waals surface area (Å²) in [4.78, 5) is 22.4. The minimum atomic E-state index is -4.14. The van der Waals surface area contributed by atoms with Crippen LogP contribution in [0.3, 0.4) is 0 Å². The van der Waals surface area contributed by atoms with Gasteiger partial charge in [0.05, 0.1) is 9.82 Å². The first-order chi connectivity index (χ1) is 12.3. The Morgan fingerprint density at radius 1 is 1.19 bits per heavy atom. The number of halogens is 1. The van der Waals surface area contributed by atoms with Crippen molar-refractivity contribution in [3.05, 3.63) is 69.2 Å². The lowest BCUT2D eigenvalue weighted by Gasteiger charge is -2.34. The van der Waals surface area contributed by atoms with Crippen molar-refractivity contribution in [1.82, 2.24) is 9.62 Å². The zero-order valence-electron chi connectivity index (χ0n) is 13.3. The summed E-state index contributed by atoms with van der Waals surface area (Å²) in [6, 6.07) is 10.0. The van der Waals surface area contributed by atoms with E-state index in [-0.39, 0.29) is 23.7 Å². The molecule has 0 radical (unpaired) electrons. The van der Waals surface area contributed by atoms with Crippen LogP contribution in [0.5, 0.6) is 0 Å². The summed E-state index contributed by atoms with van der Waals surface area (Å²) < 4.78 is 27.2. The van der Waals surface area contributed by atoms with Crippen LogP contribution >= 0.6 is 11.6 Å². The largest absolute Gasteiger partial charge is 0.353 e. The lowest BCUT2D eigenvalue weighted by molar-refractivity contribution is -0.385. The number of benzene rings is 2. The van der Waals surface area contributed by atoms with Crippen LogP contribution in [0.1, 0.15) is 11.6 Å². The third-order valence-electron chi connectivity index (χ3n) is 3.97. The number of hydrogen-bond acceptors (Lipinski definition) is 5. The molecule has 2 aromatic carbocycles. The van der Waals surface area contributed by atoms with Gasteiger partial charge in [0.2, 0.25) is 15.9 Å². The van der Waals surface area contributed by atoms with E-state index >= 15 is 0 Å². The van der Waals surface area contributed by atoms with Crippen LogP contribution in [-0.2, 0) is 14.8 Å². The van der Waals surface area contributed by atoms with Crippen molar-refractivity contribution < 1.29 is 18.1 Å². The fourth-order valence-electron chi connectivity index (χ4n) is 2.79. The molecular formula is C16H14ClN3O5S. The molecule has 8 nitrogen and oxygen atoms in total. The van der Waals surface area contributed by atoms with Crippen LogP contribution < -0.4 is 5.32 Å². The molecule has 10 heteroatoms. The Kier molecular flexibility index (Phi) is 4.94. The minimum Gasteiger partial charge on any atom is -0.353 e. The lowest BCUT2D eigenvalue weighted by Crippen LogP contribution is -2.52. The first kappa shape index (κ1) is 18.3. The molecule has 1 atom stereocenters. The first-order valence-electron chi connectivity index (χ1n) is 7.60. The van der Waals surface area contributed by atoms with Gasteiger partial charge in [-0.1, -0.05) is 29.8 Å². The molecule has 0 bridgehead atoms. The summed E-state index contributed by atoms with van der Waals surface area (Å²) >= 11 is 5.97. The number of nitro groups is 1. The summed E-state index contributed by atoms with van der Waals surface area (Å²) in [5.41, 5.74) is 0.0792. The highest BCUT2D eigenvalue weighted by molar-refractivity contribution is 7.89. The maximum absolute atomic E-state index is 13.1. The summed E-state index contributed by atoms with van der Waals surface area (Å²) in [7, 11) is -4.14. The Morgan fingerprint density at radius 2 is 1.92 bits per heavy atom. The van der Waals surface area contributed by atoms with E-state index in [1.54, 1.807) is 18.2 Å². The fraction of sp³-hybridized carbons (Fsp3) is 0.188. The summed E-state index contributed by atoms with van der Waals surface area (Å²) in [6.45, 7) is 0.179. The second-order valence-corrected chi connectivity index (χ2v) is 7.95. The van der Waals surface area contributed by atoms with Gasteiger partial charge < -0.3 is 5.32 Å². The minimum absolute atomic E-state index is 0.0357. The van der Waals surface area contributed by atoms with E-state index in [1.165, 1.54) is 24.3 Å². The Bertz CT molecular complexity index is 979. The quantitative estimate of drug-likeness (QED) is 0.629. The molecule has 1 N–H and O–H groups in total. The van der Waals surface area contributed by atoms with Crippen LogP contribution in [0, 0.1) is 10.1 Å². The molecule has 3 rings (SSSR count). The first-order valence-corrected chi connectivity index (χ1v) is 9.42. The number of nitrogens with zero attached hydrogens (tertiary/aromatic N) is 2. The van der Waals surface area contributed by atoms with E-state index < -0.39 is 26.9 Å². The third-order valence-corrected chi connectivity index (χ3v) is 6.06.